The van der Waals surface area contributed by atoms with Crippen molar-refractivity contribution in [3.63, 3.8) is 0 Å². The molecule has 1 aromatic carbocycles. The predicted molar refractivity (Wildman–Crippen MR) is 75.7 cm³/mol. The highest BCUT2D eigenvalue weighted by Gasteiger charge is 2.48. The van der Waals surface area contributed by atoms with E-state index < -0.39 is 23.2 Å². The van der Waals surface area contributed by atoms with E-state index in [4.69, 9.17) is 0 Å². The van der Waals surface area contributed by atoms with Crippen molar-refractivity contribution in [3.05, 3.63) is 35.9 Å². The summed E-state index contributed by atoms with van der Waals surface area (Å²) >= 11 is 0. The van der Waals surface area contributed by atoms with Crippen molar-refractivity contribution >= 4 is 23.4 Å². The summed E-state index contributed by atoms with van der Waals surface area (Å²) < 4.78 is 0. The van der Waals surface area contributed by atoms with E-state index in [1.165, 1.54) is 19.1 Å². The van der Waals surface area contributed by atoms with Crippen LogP contribution in [0.15, 0.2) is 35.5 Å². The second kappa shape index (κ2) is 5.47. The summed E-state index contributed by atoms with van der Waals surface area (Å²) in [6.07, 6.45) is 0. The lowest BCUT2D eigenvalue weighted by Crippen LogP contribution is -2.58. The zero-order valence-corrected chi connectivity index (χ0v) is 12.0. The normalized spacial score (nSPS) is 21.0. The smallest absolute Gasteiger partial charge is 0.329 e. The fraction of sp³-hybridized carbons (Fsp3) is 0.333. The third-order valence-electron chi connectivity index (χ3n) is 3.30. The predicted octanol–water partition coefficient (Wildman–Crippen LogP) is 1.31. The number of hydrogen-bond acceptors (Lipinski definition) is 5. The van der Waals surface area contributed by atoms with Crippen molar-refractivity contribution in [3.8, 4) is 0 Å². The van der Waals surface area contributed by atoms with Crippen molar-refractivity contribution in [2.75, 3.05) is 0 Å². The van der Waals surface area contributed by atoms with Gasteiger partial charge in [0.1, 0.15) is 0 Å². The fourth-order valence-electron chi connectivity index (χ4n) is 2.18. The fourth-order valence-corrected chi connectivity index (χ4v) is 2.18. The first-order valence-corrected chi connectivity index (χ1v) is 6.58. The maximum Gasteiger partial charge on any atom is 0.365 e. The number of ketones is 1. The Hall–Kier alpha value is -2.50. The third kappa shape index (κ3) is 2.69. The van der Waals surface area contributed by atoms with Crippen molar-refractivity contribution in [1.29, 1.82) is 0 Å². The highest BCUT2D eigenvalue weighted by Crippen LogP contribution is 2.22. The van der Waals surface area contributed by atoms with Crippen LogP contribution in [0.3, 0.4) is 0 Å². The number of oxime groups is 1. The summed E-state index contributed by atoms with van der Waals surface area (Å²) in [7, 11) is 0. The van der Waals surface area contributed by atoms with E-state index in [1.54, 1.807) is 18.2 Å². The lowest BCUT2D eigenvalue weighted by Gasteiger charge is -2.24. The van der Waals surface area contributed by atoms with Crippen LogP contribution in [0.4, 0.5) is 0 Å². The second-order valence-corrected chi connectivity index (χ2v) is 5.28. The van der Waals surface area contributed by atoms with Gasteiger partial charge in [0.25, 0.3) is 5.91 Å². The molecule has 0 aliphatic carbocycles. The molecule has 0 fully saturated rings. The minimum Gasteiger partial charge on any atom is -0.329 e. The largest absolute Gasteiger partial charge is 0.365 e. The topological polar surface area (TPSA) is 84.8 Å². The Balaban J connectivity index is 2.21. The minimum absolute atomic E-state index is 0.103. The third-order valence-corrected chi connectivity index (χ3v) is 3.30. The van der Waals surface area contributed by atoms with Crippen molar-refractivity contribution in [2.24, 2.45) is 11.1 Å². The van der Waals surface area contributed by atoms with Gasteiger partial charge in [-0.25, -0.2) is 4.79 Å². The van der Waals surface area contributed by atoms with Crippen molar-refractivity contribution in [2.45, 2.75) is 26.3 Å². The lowest BCUT2D eigenvalue weighted by molar-refractivity contribution is -0.146. The van der Waals surface area contributed by atoms with Gasteiger partial charge < -0.3 is 10.2 Å². The van der Waals surface area contributed by atoms with Gasteiger partial charge in [0.15, 0.2) is 5.54 Å². The van der Waals surface area contributed by atoms with Crippen molar-refractivity contribution < 1.29 is 19.2 Å². The summed E-state index contributed by atoms with van der Waals surface area (Å²) in [6, 6.07) is 8.14. The molecule has 1 heterocycles. The maximum absolute atomic E-state index is 12.1. The van der Waals surface area contributed by atoms with Gasteiger partial charge in [-0.3, -0.25) is 9.59 Å². The monoisotopic (exact) mass is 288 g/mol. The Kier molecular flexibility index (Phi) is 3.88. The highest BCUT2D eigenvalue weighted by atomic mass is 16.7. The quantitative estimate of drug-likeness (QED) is 0.514. The van der Waals surface area contributed by atoms with Gasteiger partial charge in [0, 0.05) is 5.56 Å². The maximum atomic E-state index is 12.1. The van der Waals surface area contributed by atoms with E-state index >= 15 is 0 Å². The zero-order chi connectivity index (χ0) is 15.6. The van der Waals surface area contributed by atoms with Crippen LogP contribution in [-0.2, 0) is 14.4 Å². The van der Waals surface area contributed by atoms with E-state index in [-0.39, 0.29) is 11.5 Å². The molecule has 1 aliphatic heterocycles. The number of nitrogens with zero attached hydrogens (tertiary/aromatic N) is 1. The Morgan fingerprint density at radius 2 is 1.86 bits per heavy atom. The van der Waals surface area contributed by atoms with Crippen molar-refractivity contribution in [1.82, 2.24) is 5.32 Å². The summed E-state index contributed by atoms with van der Waals surface area (Å²) in [6.45, 7) is 5.13. The molecular formula is C15H16N2O4. The molecule has 1 unspecified atom stereocenters. The average Bonchev–Trinajstić information content (AvgIpc) is 2.74. The molecule has 0 aromatic heterocycles. The van der Waals surface area contributed by atoms with Crippen LogP contribution in [0, 0.1) is 5.92 Å². The van der Waals surface area contributed by atoms with Crippen LogP contribution in [0.1, 0.15) is 31.1 Å². The van der Waals surface area contributed by atoms with E-state index in [9.17, 15) is 14.4 Å². The van der Waals surface area contributed by atoms with Crippen LogP contribution in [0.2, 0.25) is 0 Å². The Morgan fingerprint density at radius 3 is 2.43 bits per heavy atom. The van der Waals surface area contributed by atoms with Gasteiger partial charge in [-0.2, -0.15) is 0 Å². The molecule has 0 spiro atoms. The number of amides is 1. The molecule has 6 heteroatoms. The van der Waals surface area contributed by atoms with Crippen LogP contribution >= 0.6 is 0 Å². The van der Waals surface area contributed by atoms with E-state index in [0.29, 0.717) is 5.71 Å². The second-order valence-electron chi connectivity index (χ2n) is 5.28. The molecule has 0 saturated carbocycles. The molecule has 1 aliphatic rings. The molecule has 0 bridgehead atoms. The molecule has 0 radical (unpaired) electrons. The standard InChI is InChI=1S/C15H16N2O4/c1-9(2)12-15(3,14(20)21-17-12)16-13(19)11(18)10-7-5-4-6-8-10/h4-9H,1-3H3,(H,16,19). The van der Waals surface area contributed by atoms with Gasteiger partial charge in [-0.05, 0) is 12.8 Å². The number of rotatable bonds is 4. The Morgan fingerprint density at radius 1 is 1.24 bits per heavy atom. The van der Waals surface area contributed by atoms with Crippen LogP contribution in [-0.4, -0.2) is 28.9 Å². The van der Waals surface area contributed by atoms with Gasteiger partial charge >= 0.3 is 5.97 Å². The molecule has 1 aromatic rings. The van der Waals surface area contributed by atoms with E-state index in [2.05, 4.69) is 15.3 Å². The molecule has 1 N–H and O–H groups in total. The number of benzene rings is 1. The highest BCUT2D eigenvalue weighted by molar-refractivity contribution is 6.44. The van der Waals surface area contributed by atoms with Crippen LogP contribution < -0.4 is 5.32 Å². The SMILES string of the molecule is CC(C)C1=NOC(=O)C1(C)NC(=O)C(=O)c1ccccc1. The van der Waals surface area contributed by atoms with Gasteiger partial charge in [-0.15, -0.1) is 0 Å². The first-order chi connectivity index (χ1) is 9.86. The van der Waals surface area contributed by atoms with E-state index in [0.717, 1.165) is 0 Å². The van der Waals surface area contributed by atoms with Crippen LogP contribution in [0.25, 0.3) is 0 Å². The molecule has 2 rings (SSSR count). The summed E-state index contributed by atoms with van der Waals surface area (Å²) in [5.41, 5.74) is -0.759. The molecule has 1 atom stereocenters. The van der Waals surface area contributed by atoms with Crippen LogP contribution in [0.5, 0.6) is 0 Å². The Labute approximate surface area is 122 Å². The Bertz CT molecular complexity index is 622. The minimum atomic E-state index is -1.41. The molecular weight excluding hydrogens is 272 g/mol. The van der Waals surface area contributed by atoms with Gasteiger partial charge in [-0.1, -0.05) is 49.3 Å². The number of carbonyl (C=O) groups excluding carboxylic acids is 3. The van der Waals surface area contributed by atoms with Gasteiger partial charge in [0.05, 0.1) is 5.71 Å². The average molecular weight is 288 g/mol. The first-order valence-electron chi connectivity index (χ1n) is 6.58. The van der Waals surface area contributed by atoms with Gasteiger partial charge in [0.2, 0.25) is 5.78 Å². The first kappa shape index (κ1) is 14.9. The number of nitrogens with one attached hydrogen (secondary N) is 1. The zero-order valence-electron chi connectivity index (χ0n) is 12.0. The molecule has 21 heavy (non-hydrogen) atoms. The number of carbonyl (C=O) groups is 3. The molecule has 6 nitrogen and oxygen atoms in total. The molecule has 0 saturated heterocycles. The number of Topliss-reactive ketones (excluding diaryl/α,β-unsaturated/α-hetero) is 1. The lowest BCUT2D eigenvalue weighted by atomic mass is 9.88. The van der Waals surface area contributed by atoms with E-state index in [1.807, 2.05) is 13.8 Å². The molecule has 1 amide bonds. The summed E-state index contributed by atoms with van der Waals surface area (Å²) in [5, 5.41) is 6.14. The summed E-state index contributed by atoms with van der Waals surface area (Å²) in [4.78, 5) is 40.6. The molecule has 110 valence electrons. The number of hydrogen-bond donors (Lipinski definition) is 1. The summed E-state index contributed by atoms with van der Waals surface area (Å²) in [5.74, 6) is -2.37.